The Bertz CT molecular complexity index is 336. The highest BCUT2D eigenvalue weighted by molar-refractivity contribution is 5.21. The molecule has 1 saturated carbocycles. The van der Waals surface area contributed by atoms with E-state index >= 15 is 0 Å². The second-order valence-corrected chi connectivity index (χ2v) is 6.07. The largest absolute Gasteiger partial charge is 0.372 e. The lowest BCUT2D eigenvalue weighted by molar-refractivity contribution is -0.0829. The van der Waals surface area contributed by atoms with Crippen molar-refractivity contribution in [2.45, 2.75) is 64.1 Å². The molecule has 2 atom stereocenters. The van der Waals surface area contributed by atoms with Crippen LogP contribution >= 0.6 is 0 Å². The number of rotatable bonds is 2. The van der Waals surface area contributed by atoms with Crippen LogP contribution in [0.5, 0.6) is 0 Å². The van der Waals surface area contributed by atoms with Gasteiger partial charge in [0.2, 0.25) is 0 Å². The molecule has 1 aliphatic rings. The molecule has 1 aromatic rings. The van der Waals surface area contributed by atoms with E-state index in [0.29, 0.717) is 12.0 Å². The fourth-order valence-electron chi connectivity index (χ4n) is 2.77. The fourth-order valence-corrected chi connectivity index (χ4v) is 2.77. The van der Waals surface area contributed by atoms with Crippen molar-refractivity contribution >= 4 is 0 Å². The SMILES string of the molecule is CC(C)(C)O[C@H]1CCCC[C@@H]1c1ccccc1. The Balaban J connectivity index is 2.13. The molecule has 0 N–H and O–H groups in total. The lowest BCUT2D eigenvalue weighted by Gasteiger charge is -2.36. The zero-order chi connectivity index (χ0) is 12.3. The Hall–Kier alpha value is -0.820. The third kappa shape index (κ3) is 3.57. The zero-order valence-electron chi connectivity index (χ0n) is 11.3. The first kappa shape index (κ1) is 12.6. The van der Waals surface area contributed by atoms with Gasteiger partial charge in [-0.25, -0.2) is 0 Å². The molecule has 1 aromatic carbocycles. The van der Waals surface area contributed by atoms with Gasteiger partial charge in [0.15, 0.2) is 0 Å². The van der Waals surface area contributed by atoms with Crippen LogP contribution in [0.3, 0.4) is 0 Å². The average molecular weight is 232 g/mol. The normalized spacial score (nSPS) is 25.8. The molecule has 0 aromatic heterocycles. The summed E-state index contributed by atoms with van der Waals surface area (Å²) >= 11 is 0. The van der Waals surface area contributed by atoms with Crippen LogP contribution < -0.4 is 0 Å². The highest BCUT2D eigenvalue weighted by Gasteiger charge is 2.30. The molecular weight excluding hydrogens is 208 g/mol. The molecule has 1 heteroatoms. The lowest BCUT2D eigenvalue weighted by atomic mass is 9.81. The minimum Gasteiger partial charge on any atom is -0.372 e. The van der Waals surface area contributed by atoms with Crippen molar-refractivity contribution in [2.75, 3.05) is 0 Å². The van der Waals surface area contributed by atoms with Gasteiger partial charge in [-0.05, 0) is 39.2 Å². The molecule has 0 unspecified atom stereocenters. The van der Waals surface area contributed by atoms with Crippen LogP contribution in [0.4, 0.5) is 0 Å². The summed E-state index contributed by atoms with van der Waals surface area (Å²) in [6.45, 7) is 6.47. The molecule has 0 saturated heterocycles. The number of ether oxygens (including phenoxy) is 1. The third-order valence-electron chi connectivity index (χ3n) is 3.44. The molecule has 0 heterocycles. The van der Waals surface area contributed by atoms with Gasteiger partial charge in [-0.2, -0.15) is 0 Å². The van der Waals surface area contributed by atoms with Gasteiger partial charge in [0.1, 0.15) is 0 Å². The van der Waals surface area contributed by atoms with Gasteiger partial charge < -0.3 is 4.74 Å². The highest BCUT2D eigenvalue weighted by atomic mass is 16.5. The van der Waals surface area contributed by atoms with E-state index in [1.807, 2.05) is 0 Å². The second-order valence-electron chi connectivity index (χ2n) is 6.07. The van der Waals surface area contributed by atoms with Crippen LogP contribution in [0, 0.1) is 0 Å². The van der Waals surface area contributed by atoms with Gasteiger partial charge in [0.05, 0.1) is 11.7 Å². The van der Waals surface area contributed by atoms with Crippen LogP contribution in [0.15, 0.2) is 30.3 Å². The first-order chi connectivity index (χ1) is 8.06. The van der Waals surface area contributed by atoms with E-state index in [4.69, 9.17) is 4.74 Å². The van der Waals surface area contributed by atoms with Crippen molar-refractivity contribution in [3.05, 3.63) is 35.9 Å². The Morgan fingerprint density at radius 1 is 1.00 bits per heavy atom. The molecule has 0 amide bonds. The Morgan fingerprint density at radius 3 is 2.29 bits per heavy atom. The molecule has 0 spiro atoms. The highest BCUT2D eigenvalue weighted by Crippen LogP contribution is 2.36. The summed E-state index contributed by atoms with van der Waals surface area (Å²) in [7, 11) is 0. The fraction of sp³-hybridized carbons (Fsp3) is 0.625. The van der Waals surface area contributed by atoms with E-state index in [-0.39, 0.29) is 5.60 Å². The number of hydrogen-bond acceptors (Lipinski definition) is 1. The Labute approximate surface area is 105 Å². The molecule has 1 fully saturated rings. The molecule has 1 aliphatic carbocycles. The summed E-state index contributed by atoms with van der Waals surface area (Å²) in [4.78, 5) is 0. The van der Waals surface area contributed by atoms with Crippen LogP contribution in [0.1, 0.15) is 57.9 Å². The predicted octanol–water partition coefficient (Wildman–Crippen LogP) is 4.53. The summed E-state index contributed by atoms with van der Waals surface area (Å²) in [6.07, 6.45) is 5.51. The third-order valence-corrected chi connectivity index (χ3v) is 3.44. The summed E-state index contributed by atoms with van der Waals surface area (Å²) in [5.41, 5.74) is 1.41. The Morgan fingerprint density at radius 2 is 1.65 bits per heavy atom. The zero-order valence-corrected chi connectivity index (χ0v) is 11.3. The number of hydrogen-bond donors (Lipinski definition) is 0. The summed E-state index contributed by atoms with van der Waals surface area (Å²) < 4.78 is 6.25. The van der Waals surface area contributed by atoms with Gasteiger partial charge >= 0.3 is 0 Å². The predicted molar refractivity (Wildman–Crippen MR) is 72.3 cm³/mol. The molecule has 0 aliphatic heterocycles. The Kier molecular flexibility index (Phi) is 3.88. The van der Waals surface area contributed by atoms with E-state index in [1.165, 1.54) is 31.2 Å². The van der Waals surface area contributed by atoms with E-state index < -0.39 is 0 Å². The number of benzene rings is 1. The summed E-state index contributed by atoms with van der Waals surface area (Å²) in [6, 6.07) is 10.9. The molecule has 17 heavy (non-hydrogen) atoms. The van der Waals surface area contributed by atoms with Crippen molar-refractivity contribution in [1.82, 2.24) is 0 Å². The lowest BCUT2D eigenvalue weighted by Crippen LogP contribution is -2.33. The molecule has 2 rings (SSSR count). The smallest absolute Gasteiger partial charge is 0.0650 e. The van der Waals surface area contributed by atoms with E-state index in [1.54, 1.807) is 0 Å². The molecule has 0 bridgehead atoms. The van der Waals surface area contributed by atoms with Crippen LogP contribution in [-0.2, 0) is 4.74 Å². The minimum atomic E-state index is -0.0327. The van der Waals surface area contributed by atoms with Crippen molar-refractivity contribution in [1.29, 1.82) is 0 Å². The first-order valence-electron chi connectivity index (χ1n) is 6.79. The van der Waals surface area contributed by atoms with Gasteiger partial charge in [-0.15, -0.1) is 0 Å². The van der Waals surface area contributed by atoms with Gasteiger partial charge in [0, 0.05) is 5.92 Å². The van der Waals surface area contributed by atoms with Gasteiger partial charge in [0.25, 0.3) is 0 Å². The summed E-state index contributed by atoms with van der Waals surface area (Å²) in [5, 5.41) is 0. The van der Waals surface area contributed by atoms with Crippen molar-refractivity contribution in [2.24, 2.45) is 0 Å². The molecule has 1 nitrogen and oxygen atoms in total. The van der Waals surface area contributed by atoms with Crippen molar-refractivity contribution in [3.8, 4) is 0 Å². The summed E-state index contributed by atoms with van der Waals surface area (Å²) in [5.74, 6) is 0.587. The van der Waals surface area contributed by atoms with Crippen LogP contribution in [0.2, 0.25) is 0 Å². The quantitative estimate of drug-likeness (QED) is 0.728. The van der Waals surface area contributed by atoms with Crippen molar-refractivity contribution in [3.63, 3.8) is 0 Å². The first-order valence-corrected chi connectivity index (χ1v) is 6.79. The topological polar surface area (TPSA) is 9.23 Å². The maximum atomic E-state index is 6.25. The van der Waals surface area contributed by atoms with E-state index in [2.05, 4.69) is 51.1 Å². The molecular formula is C16H24O. The standard InChI is InChI=1S/C16H24O/c1-16(2,3)17-15-12-8-7-11-14(15)13-9-5-4-6-10-13/h4-6,9-10,14-15H,7-8,11-12H2,1-3H3/t14-,15+/m1/s1. The van der Waals surface area contributed by atoms with E-state index in [0.717, 1.165) is 0 Å². The molecule has 0 radical (unpaired) electrons. The van der Waals surface area contributed by atoms with E-state index in [9.17, 15) is 0 Å². The van der Waals surface area contributed by atoms with Crippen LogP contribution in [0.25, 0.3) is 0 Å². The second kappa shape index (κ2) is 5.22. The molecule has 94 valence electrons. The maximum absolute atomic E-state index is 6.25. The van der Waals surface area contributed by atoms with Crippen molar-refractivity contribution < 1.29 is 4.74 Å². The van der Waals surface area contributed by atoms with Crippen LogP contribution in [-0.4, -0.2) is 11.7 Å². The maximum Gasteiger partial charge on any atom is 0.0650 e. The van der Waals surface area contributed by atoms with Gasteiger partial charge in [-0.3, -0.25) is 0 Å². The monoisotopic (exact) mass is 232 g/mol. The average Bonchev–Trinajstić information content (AvgIpc) is 2.29. The van der Waals surface area contributed by atoms with Gasteiger partial charge in [-0.1, -0.05) is 43.2 Å². The minimum absolute atomic E-state index is 0.0327.